The van der Waals surface area contributed by atoms with Crippen molar-refractivity contribution >= 4 is 5.97 Å². The molecule has 0 amide bonds. The summed E-state index contributed by atoms with van der Waals surface area (Å²) >= 11 is 0. The van der Waals surface area contributed by atoms with Crippen molar-refractivity contribution in [1.82, 2.24) is 10.2 Å². The van der Waals surface area contributed by atoms with E-state index in [4.69, 9.17) is 9.47 Å². The van der Waals surface area contributed by atoms with E-state index >= 15 is 0 Å². The number of carboxylic acids is 1. The van der Waals surface area contributed by atoms with Gasteiger partial charge in [0.15, 0.2) is 0 Å². The molecule has 20 heavy (non-hydrogen) atoms. The van der Waals surface area contributed by atoms with E-state index in [2.05, 4.69) is 5.32 Å². The minimum absolute atomic E-state index is 0.466. The molecule has 0 aromatic heterocycles. The molecule has 1 atom stereocenters. The molecule has 1 aliphatic heterocycles. The lowest BCUT2D eigenvalue weighted by Gasteiger charge is -2.33. The predicted molar refractivity (Wildman–Crippen MR) is 74.2 cm³/mol. The number of rotatable bonds is 5. The van der Waals surface area contributed by atoms with E-state index in [-0.39, 0.29) is 0 Å². The highest BCUT2D eigenvalue weighted by Crippen LogP contribution is 2.26. The predicted octanol–water partition coefficient (Wildman–Crippen LogP) is 0.562. The lowest BCUT2D eigenvalue weighted by atomic mass is 10.1. The largest absolute Gasteiger partial charge is 0.497 e. The van der Waals surface area contributed by atoms with Crippen molar-refractivity contribution in [1.29, 1.82) is 0 Å². The van der Waals surface area contributed by atoms with Gasteiger partial charge in [0, 0.05) is 37.8 Å². The smallest absolute Gasteiger partial charge is 0.322 e. The summed E-state index contributed by atoms with van der Waals surface area (Å²) in [5.41, 5.74) is 0.960. The number of aliphatic carboxylic acids is 1. The number of hydrogen-bond donors (Lipinski definition) is 2. The second-order valence-electron chi connectivity index (χ2n) is 4.71. The number of benzene rings is 1. The zero-order valence-electron chi connectivity index (χ0n) is 11.8. The summed E-state index contributed by atoms with van der Waals surface area (Å²) in [6.45, 7) is 2.51. The minimum Gasteiger partial charge on any atom is -0.497 e. The van der Waals surface area contributed by atoms with Crippen LogP contribution < -0.4 is 14.8 Å². The molecule has 1 heterocycles. The Morgan fingerprint density at radius 1 is 1.45 bits per heavy atom. The Hall–Kier alpha value is -1.79. The molecule has 6 heteroatoms. The molecule has 1 aromatic carbocycles. The fourth-order valence-electron chi connectivity index (χ4n) is 2.38. The summed E-state index contributed by atoms with van der Waals surface area (Å²) in [6, 6.07) is 5.08. The van der Waals surface area contributed by atoms with Gasteiger partial charge in [0.05, 0.1) is 14.2 Å². The zero-order chi connectivity index (χ0) is 14.5. The molecule has 1 aromatic rings. The molecule has 6 nitrogen and oxygen atoms in total. The number of hydrogen-bond acceptors (Lipinski definition) is 5. The molecule has 110 valence electrons. The van der Waals surface area contributed by atoms with Crippen LogP contribution in [0.4, 0.5) is 0 Å². The second kappa shape index (κ2) is 6.58. The third-order valence-corrected chi connectivity index (χ3v) is 3.51. The second-order valence-corrected chi connectivity index (χ2v) is 4.71. The first-order valence-electron chi connectivity index (χ1n) is 6.54. The molecular weight excluding hydrogens is 260 g/mol. The van der Waals surface area contributed by atoms with Gasteiger partial charge < -0.3 is 19.9 Å². The highest BCUT2D eigenvalue weighted by atomic mass is 16.5. The summed E-state index contributed by atoms with van der Waals surface area (Å²) < 4.78 is 10.5. The Morgan fingerprint density at radius 2 is 2.25 bits per heavy atom. The zero-order valence-corrected chi connectivity index (χ0v) is 11.8. The van der Waals surface area contributed by atoms with Crippen LogP contribution in [0.2, 0.25) is 0 Å². The third-order valence-electron chi connectivity index (χ3n) is 3.51. The van der Waals surface area contributed by atoms with Gasteiger partial charge in [-0.05, 0) is 6.07 Å². The summed E-state index contributed by atoms with van der Waals surface area (Å²) in [7, 11) is 3.20. The van der Waals surface area contributed by atoms with Gasteiger partial charge in [0.2, 0.25) is 0 Å². The SMILES string of the molecule is COc1ccc(CN2CCNCC2C(=O)O)c(OC)c1. The number of nitrogens with zero attached hydrogens (tertiary/aromatic N) is 1. The number of carboxylic acid groups (broad SMARTS) is 1. The Kier molecular flexibility index (Phi) is 4.81. The molecule has 1 aliphatic rings. The van der Waals surface area contributed by atoms with Crippen LogP contribution in [0.3, 0.4) is 0 Å². The Labute approximate surface area is 118 Å². The van der Waals surface area contributed by atoms with Crippen molar-refractivity contribution < 1.29 is 19.4 Å². The maximum Gasteiger partial charge on any atom is 0.322 e. The first-order chi connectivity index (χ1) is 9.65. The van der Waals surface area contributed by atoms with Crippen LogP contribution in [0.15, 0.2) is 18.2 Å². The number of ether oxygens (including phenoxy) is 2. The first kappa shape index (κ1) is 14.6. The highest BCUT2D eigenvalue weighted by Gasteiger charge is 2.28. The van der Waals surface area contributed by atoms with Gasteiger partial charge in [-0.2, -0.15) is 0 Å². The fraction of sp³-hybridized carbons (Fsp3) is 0.500. The molecule has 0 saturated carbocycles. The van der Waals surface area contributed by atoms with Crippen molar-refractivity contribution in [2.75, 3.05) is 33.9 Å². The summed E-state index contributed by atoms with van der Waals surface area (Å²) in [6.07, 6.45) is 0. The maximum atomic E-state index is 11.3. The Morgan fingerprint density at radius 3 is 2.90 bits per heavy atom. The van der Waals surface area contributed by atoms with Gasteiger partial charge in [-0.3, -0.25) is 9.69 Å². The van der Waals surface area contributed by atoms with Gasteiger partial charge in [0.25, 0.3) is 0 Å². The van der Waals surface area contributed by atoms with Gasteiger partial charge in [0.1, 0.15) is 17.5 Å². The van der Waals surface area contributed by atoms with Crippen molar-refractivity contribution in [3.63, 3.8) is 0 Å². The molecule has 1 saturated heterocycles. The van der Waals surface area contributed by atoms with E-state index in [0.717, 1.165) is 17.9 Å². The van der Waals surface area contributed by atoms with E-state index < -0.39 is 12.0 Å². The fourth-order valence-corrected chi connectivity index (χ4v) is 2.38. The number of nitrogens with one attached hydrogen (secondary N) is 1. The molecule has 2 N–H and O–H groups in total. The molecule has 0 spiro atoms. The molecule has 1 fully saturated rings. The first-order valence-corrected chi connectivity index (χ1v) is 6.54. The Balaban J connectivity index is 2.17. The van der Waals surface area contributed by atoms with E-state index in [1.54, 1.807) is 14.2 Å². The number of carbonyl (C=O) groups is 1. The lowest BCUT2D eigenvalue weighted by molar-refractivity contribution is -0.144. The average Bonchev–Trinajstić information content (AvgIpc) is 2.48. The summed E-state index contributed by atoms with van der Waals surface area (Å²) in [5, 5.41) is 12.4. The van der Waals surface area contributed by atoms with Gasteiger partial charge >= 0.3 is 5.97 Å². The highest BCUT2D eigenvalue weighted by molar-refractivity contribution is 5.74. The van der Waals surface area contributed by atoms with Crippen molar-refractivity contribution in [3.8, 4) is 11.5 Å². The summed E-state index contributed by atoms with van der Waals surface area (Å²) in [5.74, 6) is 0.636. The standard InChI is InChI=1S/C14H20N2O4/c1-19-11-4-3-10(13(7-11)20-2)9-16-6-5-15-8-12(16)14(17)18/h3-4,7,12,15H,5-6,8-9H2,1-2H3,(H,17,18). The van der Waals surface area contributed by atoms with Crippen LogP contribution in [0, 0.1) is 0 Å². The molecule has 2 rings (SSSR count). The Bertz CT molecular complexity index is 478. The van der Waals surface area contributed by atoms with Crippen molar-refractivity contribution in [2.45, 2.75) is 12.6 Å². The van der Waals surface area contributed by atoms with Crippen molar-refractivity contribution in [3.05, 3.63) is 23.8 Å². The molecule has 1 unspecified atom stereocenters. The van der Waals surface area contributed by atoms with Crippen LogP contribution in [0.5, 0.6) is 11.5 Å². The normalized spacial score (nSPS) is 19.6. The van der Waals surface area contributed by atoms with Crippen LogP contribution >= 0.6 is 0 Å². The van der Waals surface area contributed by atoms with Gasteiger partial charge in [-0.25, -0.2) is 0 Å². The van der Waals surface area contributed by atoms with Gasteiger partial charge in [-0.1, -0.05) is 6.07 Å². The lowest BCUT2D eigenvalue weighted by Crippen LogP contribution is -2.54. The summed E-state index contributed by atoms with van der Waals surface area (Å²) in [4.78, 5) is 13.2. The van der Waals surface area contributed by atoms with E-state index in [9.17, 15) is 9.90 Å². The van der Waals surface area contributed by atoms with E-state index in [1.165, 1.54) is 0 Å². The van der Waals surface area contributed by atoms with Crippen molar-refractivity contribution in [2.24, 2.45) is 0 Å². The van der Waals surface area contributed by atoms with Crippen LogP contribution in [-0.4, -0.2) is 55.9 Å². The maximum absolute atomic E-state index is 11.3. The van der Waals surface area contributed by atoms with Gasteiger partial charge in [-0.15, -0.1) is 0 Å². The van der Waals surface area contributed by atoms with Crippen LogP contribution in [-0.2, 0) is 11.3 Å². The monoisotopic (exact) mass is 280 g/mol. The molecule has 0 aliphatic carbocycles. The van der Waals surface area contributed by atoms with E-state index in [1.807, 2.05) is 23.1 Å². The van der Waals surface area contributed by atoms with Crippen LogP contribution in [0.1, 0.15) is 5.56 Å². The molecular formula is C14H20N2O4. The molecule has 0 radical (unpaired) electrons. The third kappa shape index (κ3) is 3.20. The van der Waals surface area contributed by atoms with Crippen LogP contribution in [0.25, 0.3) is 0 Å². The topological polar surface area (TPSA) is 71.0 Å². The average molecular weight is 280 g/mol. The molecule has 0 bridgehead atoms. The number of methoxy groups -OCH3 is 2. The van der Waals surface area contributed by atoms with E-state index in [0.29, 0.717) is 25.4 Å². The quantitative estimate of drug-likeness (QED) is 0.821. The number of piperazine rings is 1. The minimum atomic E-state index is -0.801.